The molecule has 3 fully saturated rings. The van der Waals surface area contributed by atoms with Crippen LogP contribution in [0.1, 0.15) is 25.8 Å². The minimum absolute atomic E-state index is 0.331. The molecule has 4 rings (SSSR count). The molecule has 12 heteroatoms. The van der Waals surface area contributed by atoms with Crippen LogP contribution in [0.2, 0.25) is 0 Å². The summed E-state index contributed by atoms with van der Waals surface area (Å²) in [5.41, 5.74) is 9.40. The molecular formula is C26H39N3O9. The summed E-state index contributed by atoms with van der Waals surface area (Å²) in [6.07, 6.45) is -0.919. The average Bonchev–Trinajstić information content (AvgIpc) is 3.46. The van der Waals surface area contributed by atoms with E-state index in [1.54, 1.807) is 0 Å². The molecule has 3 saturated heterocycles. The predicted molar refractivity (Wildman–Crippen MR) is 134 cm³/mol. The van der Waals surface area contributed by atoms with Crippen molar-refractivity contribution in [1.29, 1.82) is 0 Å². The SMILES string of the molecule is CC1(C)O[C@@H]2C(N=[N+]=[N-])[C@H]3OC[C@](CCOCCOCCOCCOCCOCc4ccccc4)(O3)[C@@H]2O1. The third-order valence-electron chi connectivity index (χ3n) is 6.56. The molecule has 5 atom stereocenters. The number of ether oxygens (including phenoxy) is 9. The van der Waals surface area contributed by atoms with E-state index in [1.807, 2.05) is 44.2 Å². The molecule has 2 bridgehead atoms. The molecule has 0 N–H and O–H groups in total. The summed E-state index contributed by atoms with van der Waals surface area (Å²) < 4.78 is 52.0. The Morgan fingerprint density at radius 3 is 2.08 bits per heavy atom. The van der Waals surface area contributed by atoms with E-state index >= 15 is 0 Å². The molecule has 0 spiro atoms. The van der Waals surface area contributed by atoms with Gasteiger partial charge < -0.3 is 42.6 Å². The summed E-state index contributed by atoms with van der Waals surface area (Å²) in [6.45, 7) is 9.05. The van der Waals surface area contributed by atoms with E-state index in [0.717, 1.165) is 5.56 Å². The molecule has 0 radical (unpaired) electrons. The first-order chi connectivity index (χ1) is 18.5. The highest BCUT2D eigenvalue weighted by atomic mass is 16.8. The van der Waals surface area contributed by atoms with Crippen LogP contribution < -0.4 is 0 Å². The van der Waals surface area contributed by atoms with E-state index in [1.165, 1.54) is 0 Å². The van der Waals surface area contributed by atoms with E-state index in [-0.39, 0.29) is 0 Å². The number of hydrogen-bond acceptors (Lipinski definition) is 10. The van der Waals surface area contributed by atoms with Crippen LogP contribution in [0.4, 0.5) is 0 Å². The molecule has 1 unspecified atom stereocenters. The quantitative estimate of drug-likeness (QED) is 0.120. The number of hydrogen-bond donors (Lipinski definition) is 0. The van der Waals surface area contributed by atoms with E-state index in [0.29, 0.717) is 79.1 Å². The second-order valence-corrected chi connectivity index (χ2v) is 9.82. The van der Waals surface area contributed by atoms with Crippen molar-refractivity contribution < 1.29 is 42.6 Å². The van der Waals surface area contributed by atoms with Crippen molar-refractivity contribution in [2.75, 3.05) is 66.1 Å². The molecular weight excluding hydrogens is 498 g/mol. The van der Waals surface area contributed by atoms with Gasteiger partial charge in [-0.05, 0) is 24.9 Å². The lowest BCUT2D eigenvalue weighted by atomic mass is 9.86. The third-order valence-corrected chi connectivity index (χ3v) is 6.56. The monoisotopic (exact) mass is 537 g/mol. The zero-order valence-electron chi connectivity index (χ0n) is 22.2. The first-order valence-electron chi connectivity index (χ1n) is 13.1. The van der Waals surface area contributed by atoms with Gasteiger partial charge in [-0.15, -0.1) is 0 Å². The van der Waals surface area contributed by atoms with Crippen LogP contribution in [0.5, 0.6) is 0 Å². The zero-order valence-corrected chi connectivity index (χ0v) is 22.2. The fourth-order valence-corrected chi connectivity index (χ4v) is 4.78. The van der Waals surface area contributed by atoms with E-state index < -0.39 is 35.9 Å². The Labute approximate surface area is 223 Å². The van der Waals surface area contributed by atoms with Crippen LogP contribution in [-0.4, -0.2) is 102 Å². The van der Waals surface area contributed by atoms with E-state index in [9.17, 15) is 0 Å². The number of benzene rings is 1. The standard InChI is InChI=1S/C26H39N3O9/c1-25(2)36-22-21(28-29-27)24-35-19-26(38-24,23(22)37-25)8-9-30-10-11-31-12-13-32-14-15-33-16-17-34-18-20-6-4-3-5-7-20/h3-7,21-24H,8-19H2,1-2H3/t21?,22-,23-,24+,26+/m1/s1. The van der Waals surface area contributed by atoms with Gasteiger partial charge in [-0.3, -0.25) is 0 Å². The fourth-order valence-electron chi connectivity index (χ4n) is 4.78. The second kappa shape index (κ2) is 14.5. The molecule has 3 aliphatic rings. The molecule has 38 heavy (non-hydrogen) atoms. The predicted octanol–water partition coefficient (Wildman–Crippen LogP) is 2.98. The lowest BCUT2D eigenvalue weighted by molar-refractivity contribution is -0.198. The molecule has 12 nitrogen and oxygen atoms in total. The van der Waals surface area contributed by atoms with Gasteiger partial charge in [0.05, 0.1) is 66.1 Å². The molecule has 0 amide bonds. The zero-order chi connectivity index (χ0) is 26.7. The highest BCUT2D eigenvalue weighted by Crippen LogP contribution is 2.48. The van der Waals surface area contributed by atoms with Gasteiger partial charge >= 0.3 is 0 Å². The smallest absolute Gasteiger partial charge is 0.169 e. The molecule has 3 heterocycles. The largest absolute Gasteiger partial charge is 0.379 e. The van der Waals surface area contributed by atoms with Crippen LogP contribution in [0.3, 0.4) is 0 Å². The summed E-state index contributed by atoms with van der Waals surface area (Å²) >= 11 is 0. The summed E-state index contributed by atoms with van der Waals surface area (Å²) in [6, 6.07) is 9.46. The summed E-state index contributed by atoms with van der Waals surface area (Å²) in [7, 11) is 0. The van der Waals surface area contributed by atoms with Crippen LogP contribution >= 0.6 is 0 Å². The molecule has 0 aliphatic carbocycles. The lowest BCUT2D eigenvalue weighted by Crippen LogP contribution is -2.59. The maximum Gasteiger partial charge on any atom is 0.169 e. The molecule has 1 aromatic carbocycles. The van der Waals surface area contributed by atoms with Crippen molar-refractivity contribution in [3.8, 4) is 0 Å². The molecule has 3 aliphatic heterocycles. The summed E-state index contributed by atoms with van der Waals surface area (Å²) in [5.74, 6) is -0.792. The maximum absolute atomic E-state index is 8.94. The van der Waals surface area contributed by atoms with Gasteiger partial charge in [-0.25, -0.2) is 0 Å². The second-order valence-electron chi connectivity index (χ2n) is 9.82. The van der Waals surface area contributed by atoms with E-state index in [2.05, 4.69) is 10.0 Å². The Morgan fingerprint density at radius 2 is 1.45 bits per heavy atom. The van der Waals surface area contributed by atoms with Crippen molar-refractivity contribution in [2.45, 2.75) is 62.8 Å². The van der Waals surface area contributed by atoms with Crippen molar-refractivity contribution in [1.82, 2.24) is 0 Å². The van der Waals surface area contributed by atoms with Crippen molar-refractivity contribution in [3.05, 3.63) is 46.3 Å². The number of rotatable bonds is 18. The van der Waals surface area contributed by atoms with Crippen molar-refractivity contribution >= 4 is 0 Å². The molecule has 212 valence electrons. The lowest BCUT2D eigenvalue weighted by Gasteiger charge is -2.41. The highest BCUT2D eigenvalue weighted by molar-refractivity contribution is 5.13. The normalized spacial score (nSPS) is 29.2. The summed E-state index contributed by atoms with van der Waals surface area (Å²) in [4.78, 5) is 2.93. The Morgan fingerprint density at radius 1 is 0.842 bits per heavy atom. The van der Waals surface area contributed by atoms with Gasteiger partial charge in [0.2, 0.25) is 0 Å². The van der Waals surface area contributed by atoms with E-state index in [4.69, 9.17) is 48.2 Å². The summed E-state index contributed by atoms with van der Waals surface area (Å²) in [5, 5.41) is 3.84. The Bertz CT molecular complexity index is 886. The number of azide groups is 1. The molecule has 0 aromatic heterocycles. The van der Waals surface area contributed by atoms with Crippen LogP contribution in [0.25, 0.3) is 10.4 Å². The number of fused-ring (bicyclic) bond motifs is 4. The first kappa shape index (κ1) is 29.2. The maximum atomic E-state index is 8.94. The molecule has 0 saturated carbocycles. The Kier molecular flexibility index (Phi) is 11.1. The van der Waals surface area contributed by atoms with Gasteiger partial charge in [0.25, 0.3) is 0 Å². The minimum Gasteiger partial charge on any atom is -0.379 e. The average molecular weight is 538 g/mol. The van der Waals surface area contributed by atoms with Crippen LogP contribution in [0, 0.1) is 0 Å². The fraction of sp³-hybridized carbons (Fsp3) is 0.769. The third kappa shape index (κ3) is 8.09. The van der Waals surface area contributed by atoms with Crippen molar-refractivity contribution in [3.63, 3.8) is 0 Å². The molecule has 1 aromatic rings. The topological polar surface area (TPSA) is 132 Å². The Hall–Kier alpha value is -1.83. The van der Waals surface area contributed by atoms with Crippen LogP contribution in [0.15, 0.2) is 35.4 Å². The minimum atomic E-state index is -0.792. The van der Waals surface area contributed by atoms with Gasteiger partial charge in [0, 0.05) is 17.9 Å². The highest BCUT2D eigenvalue weighted by Gasteiger charge is 2.65. The van der Waals surface area contributed by atoms with Crippen LogP contribution in [-0.2, 0) is 49.2 Å². The van der Waals surface area contributed by atoms with Gasteiger partial charge in [0.15, 0.2) is 12.1 Å². The van der Waals surface area contributed by atoms with Gasteiger partial charge in [-0.1, -0.05) is 35.4 Å². The van der Waals surface area contributed by atoms with Crippen molar-refractivity contribution in [2.24, 2.45) is 5.11 Å². The number of nitrogens with zero attached hydrogens (tertiary/aromatic N) is 3. The van der Waals surface area contributed by atoms with Gasteiger partial charge in [-0.2, -0.15) is 0 Å². The van der Waals surface area contributed by atoms with Gasteiger partial charge in [0.1, 0.15) is 23.9 Å². The Balaban J connectivity index is 0.984. The first-order valence-corrected chi connectivity index (χ1v) is 13.1.